The molecule has 2 N–H and O–H groups in total. The Morgan fingerprint density at radius 3 is 2.04 bits per heavy atom. The molecule has 2 rings (SSSR count). The molecule has 0 aromatic heterocycles. The van der Waals surface area contributed by atoms with Crippen molar-refractivity contribution in [3.8, 4) is 0 Å². The number of para-hydroxylation sites is 1. The van der Waals surface area contributed by atoms with Gasteiger partial charge >= 0.3 is 5.97 Å². The molecule has 0 radical (unpaired) electrons. The maximum Gasteiger partial charge on any atom is 0.328 e. The number of benzene rings is 2. The van der Waals surface area contributed by atoms with E-state index >= 15 is 0 Å². The first kappa shape index (κ1) is 23.1. The van der Waals surface area contributed by atoms with Crippen LogP contribution in [0.15, 0.2) is 54.6 Å². The van der Waals surface area contributed by atoms with Crippen LogP contribution < -0.4 is 5.32 Å². The number of aryl methyl sites for hydroxylation is 2. The van der Waals surface area contributed by atoms with Crippen LogP contribution in [0.2, 0.25) is 0 Å². The highest BCUT2D eigenvalue weighted by Gasteiger charge is 2.09. The standard InChI is InChI=1S/C14H22N2O.C9H8O2/c1-5-16(6-2)10-13(17)15-14-11(3)8-7-9-12(14)4;10-9(11)7-6-8-4-2-1-3-5-8/h7-9H,5-6,10H2,1-4H3,(H,15,17);1-7H,(H,10,11). The Morgan fingerprint density at radius 2 is 1.54 bits per heavy atom. The summed E-state index contributed by atoms with van der Waals surface area (Å²) in [5.41, 5.74) is 4.07. The highest BCUT2D eigenvalue weighted by atomic mass is 16.4. The van der Waals surface area contributed by atoms with Crippen LogP contribution in [-0.4, -0.2) is 41.5 Å². The minimum atomic E-state index is -0.922. The number of aliphatic carboxylic acids is 1. The third kappa shape index (κ3) is 8.64. The van der Waals surface area contributed by atoms with Crippen molar-refractivity contribution in [2.75, 3.05) is 25.0 Å². The predicted octanol–water partition coefficient (Wildman–Crippen LogP) is 4.37. The second kappa shape index (κ2) is 12.5. The van der Waals surface area contributed by atoms with Crippen molar-refractivity contribution in [2.24, 2.45) is 0 Å². The largest absolute Gasteiger partial charge is 0.478 e. The van der Waals surface area contributed by atoms with Gasteiger partial charge in [0.25, 0.3) is 0 Å². The normalized spacial score (nSPS) is 10.5. The quantitative estimate of drug-likeness (QED) is 0.698. The molecule has 0 saturated carbocycles. The second-order valence-electron chi connectivity index (χ2n) is 6.36. The Bertz CT molecular complexity index is 761. The van der Waals surface area contributed by atoms with E-state index in [9.17, 15) is 9.59 Å². The van der Waals surface area contributed by atoms with E-state index in [1.54, 1.807) is 6.08 Å². The first-order valence-electron chi connectivity index (χ1n) is 9.41. The monoisotopic (exact) mass is 382 g/mol. The molecule has 5 nitrogen and oxygen atoms in total. The molecule has 2 aromatic rings. The van der Waals surface area contributed by atoms with Crippen LogP contribution in [0.4, 0.5) is 5.69 Å². The number of carboxylic acids is 1. The molecule has 0 spiro atoms. The van der Waals surface area contributed by atoms with Crippen LogP contribution in [0.5, 0.6) is 0 Å². The van der Waals surface area contributed by atoms with Crippen molar-refractivity contribution < 1.29 is 14.7 Å². The van der Waals surface area contributed by atoms with Gasteiger partial charge in [-0.25, -0.2) is 4.79 Å². The number of carbonyl (C=O) groups is 2. The molecule has 2 aromatic carbocycles. The molecule has 0 fully saturated rings. The summed E-state index contributed by atoms with van der Waals surface area (Å²) in [7, 11) is 0. The van der Waals surface area contributed by atoms with E-state index < -0.39 is 5.97 Å². The molecular formula is C23H30N2O3. The fourth-order valence-electron chi connectivity index (χ4n) is 2.57. The van der Waals surface area contributed by atoms with Crippen LogP contribution in [-0.2, 0) is 9.59 Å². The molecule has 0 aliphatic heterocycles. The Balaban J connectivity index is 0.000000307. The van der Waals surface area contributed by atoms with Gasteiger partial charge in [0.05, 0.1) is 6.54 Å². The van der Waals surface area contributed by atoms with Crippen molar-refractivity contribution in [2.45, 2.75) is 27.7 Å². The lowest BCUT2D eigenvalue weighted by molar-refractivity contribution is -0.131. The van der Waals surface area contributed by atoms with Crippen LogP contribution in [0.1, 0.15) is 30.5 Å². The molecule has 1 amide bonds. The number of anilines is 1. The van der Waals surface area contributed by atoms with E-state index in [0.717, 1.165) is 41.5 Å². The van der Waals surface area contributed by atoms with Gasteiger partial charge in [-0.1, -0.05) is 62.4 Å². The average molecular weight is 383 g/mol. The van der Waals surface area contributed by atoms with Crippen molar-refractivity contribution in [1.82, 2.24) is 4.90 Å². The number of rotatable bonds is 7. The van der Waals surface area contributed by atoms with Gasteiger partial charge in [0, 0.05) is 11.8 Å². The fourth-order valence-corrected chi connectivity index (χ4v) is 2.57. The summed E-state index contributed by atoms with van der Waals surface area (Å²) >= 11 is 0. The lowest BCUT2D eigenvalue weighted by atomic mass is 10.1. The summed E-state index contributed by atoms with van der Waals surface area (Å²) in [6.45, 7) is 10.4. The SMILES string of the molecule is CCN(CC)CC(=O)Nc1c(C)cccc1C.O=C(O)C=Cc1ccccc1. The summed E-state index contributed by atoms with van der Waals surface area (Å²) < 4.78 is 0. The molecule has 0 aliphatic rings. The predicted molar refractivity (Wildman–Crippen MR) is 115 cm³/mol. The van der Waals surface area contributed by atoms with Gasteiger partial charge in [-0.05, 0) is 49.7 Å². The van der Waals surface area contributed by atoms with Gasteiger partial charge in [0.2, 0.25) is 5.91 Å². The Hall–Kier alpha value is -2.92. The molecule has 0 atom stereocenters. The molecule has 0 bridgehead atoms. The van der Waals surface area contributed by atoms with Gasteiger partial charge in [-0.3, -0.25) is 9.69 Å². The lowest BCUT2D eigenvalue weighted by Gasteiger charge is -2.18. The van der Waals surface area contributed by atoms with Crippen LogP contribution in [0.25, 0.3) is 6.08 Å². The molecule has 0 unspecified atom stereocenters. The van der Waals surface area contributed by atoms with Crippen LogP contribution in [0.3, 0.4) is 0 Å². The Kier molecular flexibility index (Phi) is 10.3. The van der Waals surface area contributed by atoms with Crippen LogP contribution in [0, 0.1) is 13.8 Å². The van der Waals surface area contributed by atoms with E-state index in [0.29, 0.717) is 6.54 Å². The zero-order valence-corrected chi connectivity index (χ0v) is 17.1. The second-order valence-corrected chi connectivity index (χ2v) is 6.36. The summed E-state index contributed by atoms with van der Waals surface area (Å²) in [6.07, 6.45) is 2.68. The highest BCUT2D eigenvalue weighted by molar-refractivity contribution is 5.93. The van der Waals surface area contributed by atoms with Crippen LogP contribution >= 0.6 is 0 Å². The Morgan fingerprint density at radius 1 is 0.964 bits per heavy atom. The summed E-state index contributed by atoms with van der Waals surface area (Å²) in [6, 6.07) is 15.3. The molecule has 28 heavy (non-hydrogen) atoms. The minimum absolute atomic E-state index is 0.0612. The number of amides is 1. The number of nitrogens with zero attached hydrogens (tertiary/aromatic N) is 1. The molecule has 5 heteroatoms. The summed E-state index contributed by atoms with van der Waals surface area (Å²) in [5, 5.41) is 11.3. The maximum absolute atomic E-state index is 11.9. The van der Waals surface area contributed by atoms with Crippen molar-refractivity contribution >= 4 is 23.6 Å². The van der Waals surface area contributed by atoms with Crippen molar-refractivity contribution in [3.63, 3.8) is 0 Å². The van der Waals surface area contributed by atoms with Crippen molar-refractivity contribution in [3.05, 3.63) is 71.3 Å². The number of carbonyl (C=O) groups excluding carboxylic acids is 1. The highest BCUT2D eigenvalue weighted by Crippen LogP contribution is 2.19. The van der Waals surface area contributed by atoms with Gasteiger partial charge in [0.1, 0.15) is 0 Å². The van der Waals surface area contributed by atoms with Gasteiger partial charge in [-0.15, -0.1) is 0 Å². The zero-order valence-electron chi connectivity index (χ0n) is 17.1. The first-order chi connectivity index (χ1) is 13.4. The minimum Gasteiger partial charge on any atom is -0.478 e. The Labute approximate surface area is 167 Å². The van der Waals surface area contributed by atoms with E-state index in [1.807, 2.05) is 62.4 Å². The number of carboxylic acid groups (broad SMARTS) is 1. The summed E-state index contributed by atoms with van der Waals surface area (Å²) in [4.78, 5) is 24.1. The third-order valence-corrected chi connectivity index (χ3v) is 4.23. The van der Waals surface area contributed by atoms with Crippen molar-refractivity contribution in [1.29, 1.82) is 0 Å². The van der Waals surface area contributed by atoms with Gasteiger partial charge in [-0.2, -0.15) is 0 Å². The molecule has 0 heterocycles. The zero-order chi connectivity index (χ0) is 20.9. The number of likely N-dealkylation sites (N-methyl/N-ethyl adjacent to an activating group) is 1. The number of nitrogens with one attached hydrogen (secondary N) is 1. The first-order valence-corrected chi connectivity index (χ1v) is 9.41. The average Bonchev–Trinajstić information content (AvgIpc) is 2.69. The smallest absolute Gasteiger partial charge is 0.328 e. The molecule has 0 aliphatic carbocycles. The lowest BCUT2D eigenvalue weighted by Crippen LogP contribution is -2.33. The van der Waals surface area contributed by atoms with E-state index in [-0.39, 0.29) is 5.91 Å². The number of hydrogen-bond acceptors (Lipinski definition) is 3. The van der Waals surface area contributed by atoms with E-state index in [1.165, 1.54) is 0 Å². The molecule has 0 saturated heterocycles. The number of hydrogen-bond donors (Lipinski definition) is 2. The molecule has 150 valence electrons. The van der Waals surface area contributed by atoms with Gasteiger partial charge < -0.3 is 10.4 Å². The maximum atomic E-state index is 11.9. The van der Waals surface area contributed by atoms with E-state index in [4.69, 9.17) is 5.11 Å². The summed E-state index contributed by atoms with van der Waals surface area (Å²) in [5.74, 6) is -0.861. The molecular weight excluding hydrogens is 352 g/mol. The van der Waals surface area contributed by atoms with Gasteiger partial charge in [0.15, 0.2) is 0 Å². The fraction of sp³-hybridized carbons (Fsp3) is 0.304. The van der Waals surface area contributed by atoms with E-state index in [2.05, 4.69) is 24.1 Å². The topological polar surface area (TPSA) is 69.6 Å². The third-order valence-electron chi connectivity index (χ3n) is 4.23.